The van der Waals surface area contributed by atoms with E-state index in [4.69, 9.17) is 4.74 Å². The molecule has 196 valence electrons. The molecule has 6 atom stereocenters. The Hall–Kier alpha value is -2.19. The Bertz CT molecular complexity index is 847. The van der Waals surface area contributed by atoms with Crippen molar-refractivity contribution >= 4 is 17.7 Å². The molecule has 0 radical (unpaired) electrons. The molecule has 2 bridgehead atoms. The van der Waals surface area contributed by atoms with Gasteiger partial charge in [0.2, 0.25) is 17.7 Å². The van der Waals surface area contributed by atoms with Gasteiger partial charge < -0.3 is 24.5 Å². The topological polar surface area (TPSA) is 90.4 Å². The second-order valence-corrected chi connectivity index (χ2v) is 10.5. The third-order valence-electron chi connectivity index (χ3n) is 8.05. The largest absolute Gasteiger partial charge is 0.394 e. The molecule has 8 nitrogen and oxygen atoms in total. The van der Waals surface area contributed by atoms with Crippen molar-refractivity contribution in [3.8, 4) is 0 Å². The smallest absolute Gasteiger partial charge is 0.248 e. The lowest BCUT2D eigenvalue weighted by molar-refractivity contribution is -0.156. The molecule has 3 aliphatic rings. The summed E-state index contributed by atoms with van der Waals surface area (Å²) in [7, 11) is 0. The normalized spacial score (nSPS) is 31.9. The van der Waals surface area contributed by atoms with Gasteiger partial charge in [-0.15, -0.1) is 13.2 Å². The van der Waals surface area contributed by atoms with Crippen molar-refractivity contribution in [1.29, 1.82) is 0 Å². The minimum Gasteiger partial charge on any atom is -0.394 e. The summed E-state index contributed by atoms with van der Waals surface area (Å²) in [5.74, 6) is -2.01. The number of rotatable bonds is 13. The maximum atomic E-state index is 14.1. The fourth-order valence-electron chi connectivity index (χ4n) is 6.46. The Kier molecular flexibility index (Phi) is 8.48. The van der Waals surface area contributed by atoms with Crippen LogP contribution in [-0.4, -0.2) is 93.6 Å². The average molecular weight is 490 g/mol. The molecule has 3 saturated heterocycles. The molecule has 0 saturated carbocycles. The van der Waals surface area contributed by atoms with Crippen molar-refractivity contribution in [2.24, 2.45) is 11.8 Å². The molecule has 0 aliphatic carbocycles. The highest BCUT2D eigenvalue weighted by atomic mass is 16.5. The van der Waals surface area contributed by atoms with Crippen LogP contribution in [0.4, 0.5) is 0 Å². The number of fused-ring (bicyclic) bond motifs is 1. The third-order valence-corrected chi connectivity index (χ3v) is 8.05. The van der Waals surface area contributed by atoms with E-state index in [-0.39, 0.29) is 24.3 Å². The maximum Gasteiger partial charge on any atom is 0.248 e. The quantitative estimate of drug-likeness (QED) is 0.401. The first-order valence-electron chi connectivity index (χ1n) is 13.1. The van der Waals surface area contributed by atoms with Gasteiger partial charge in [0.05, 0.1) is 30.1 Å². The number of carbonyl (C=O) groups is 3. The Balaban J connectivity index is 2.08. The van der Waals surface area contributed by atoms with Crippen molar-refractivity contribution in [2.75, 3.05) is 32.8 Å². The lowest BCUT2D eigenvalue weighted by atomic mass is 9.66. The number of carbonyl (C=O) groups excluding carboxylic acids is 3. The summed E-state index contributed by atoms with van der Waals surface area (Å²) >= 11 is 0. The predicted octanol–water partition coefficient (Wildman–Crippen LogP) is 2.37. The van der Waals surface area contributed by atoms with Gasteiger partial charge in [-0.2, -0.15) is 0 Å². The lowest BCUT2D eigenvalue weighted by Crippen LogP contribution is -2.58. The molecule has 8 heteroatoms. The Labute approximate surface area is 210 Å². The molecule has 3 heterocycles. The maximum absolute atomic E-state index is 14.1. The standard InChI is InChI=1S/C27H43N3O5/c1-7-11-17-29(16-10-4)25(34)22-27-13-12-26(6,35-27)20(23(32)28(14-8-2)15-9-3)21(27)24(33)30(22)19(5)18-31/h8,10,19-22,31H,2,4,7,9,11-18H2,1,3,5-6H3/t19-,20-,21+,22?,26+,27?/m1/s1. The van der Waals surface area contributed by atoms with Crippen LogP contribution in [0.1, 0.15) is 59.8 Å². The van der Waals surface area contributed by atoms with Gasteiger partial charge in [-0.1, -0.05) is 32.4 Å². The highest BCUT2D eigenvalue weighted by Crippen LogP contribution is 2.63. The molecule has 3 amide bonds. The Morgan fingerprint density at radius 1 is 1.14 bits per heavy atom. The van der Waals surface area contributed by atoms with Crippen LogP contribution in [0, 0.1) is 11.8 Å². The molecule has 0 aromatic carbocycles. The molecule has 1 N–H and O–H groups in total. The molecular formula is C27H43N3O5. The molecule has 2 unspecified atom stereocenters. The molecule has 3 fully saturated rings. The van der Waals surface area contributed by atoms with E-state index in [9.17, 15) is 19.5 Å². The second-order valence-electron chi connectivity index (χ2n) is 10.5. The van der Waals surface area contributed by atoms with E-state index < -0.39 is 35.1 Å². The molecule has 35 heavy (non-hydrogen) atoms. The first kappa shape index (κ1) is 27.4. The SMILES string of the molecule is C=CCN(CCCC)C(=O)C1N([C@H](C)CO)C(=O)[C@@H]2[C@H](C(=O)N(CC=C)CCC)[C@]3(C)CCC12O3. The first-order valence-corrected chi connectivity index (χ1v) is 13.1. The van der Waals surface area contributed by atoms with E-state index in [0.717, 1.165) is 19.3 Å². The number of unbranched alkanes of at least 4 members (excludes halogenated alkanes) is 1. The van der Waals surface area contributed by atoms with E-state index in [0.29, 0.717) is 39.0 Å². The highest BCUT2D eigenvalue weighted by Gasteiger charge is 2.78. The summed E-state index contributed by atoms with van der Waals surface area (Å²) in [6, 6.07) is -1.45. The van der Waals surface area contributed by atoms with Crippen molar-refractivity contribution < 1.29 is 24.2 Å². The van der Waals surface area contributed by atoms with Crippen molar-refractivity contribution in [3.05, 3.63) is 25.3 Å². The average Bonchev–Trinajstić information content (AvgIpc) is 3.41. The van der Waals surface area contributed by atoms with E-state index in [1.807, 2.05) is 13.8 Å². The van der Waals surface area contributed by atoms with E-state index in [1.54, 1.807) is 28.9 Å². The summed E-state index contributed by atoms with van der Waals surface area (Å²) in [5, 5.41) is 10.0. The van der Waals surface area contributed by atoms with E-state index in [1.165, 1.54) is 4.90 Å². The minimum atomic E-state index is -1.08. The van der Waals surface area contributed by atoms with Gasteiger partial charge in [0, 0.05) is 26.2 Å². The van der Waals surface area contributed by atoms with Crippen molar-refractivity contribution in [1.82, 2.24) is 14.7 Å². The zero-order valence-electron chi connectivity index (χ0n) is 21.9. The lowest BCUT2D eigenvalue weighted by Gasteiger charge is -2.38. The number of aliphatic hydroxyl groups is 1. The first-order chi connectivity index (χ1) is 16.7. The number of nitrogens with zero attached hydrogens (tertiary/aromatic N) is 3. The molecule has 0 aromatic heterocycles. The van der Waals surface area contributed by atoms with Crippen molar-refractivity contribution in [2.45, 2.75) is 83.1 Å². The fraction of sp³-hybridized carbons (Fsp3) is 0.741. The molecule has 0 aromatic rings. The monoisotopic (exact) mass is 489 g/mol. The van der Waals surface area contributed by atoms with Gasteiger partial charge in [-0.05, 0) is 39.5 Å². The summed E-state index contributed by atoms with van der Waals surface area (Å²) in [4.78, 5) is 47.0. The Morgan fingerprint density at radius 3 is 2.31 bits per heavy atom. The van der Waals surface area contributed by atoms with Crippen LogP contribution in [0.2, 0.25) is 0 Å². The third kappa shape index (κ3) is 4.44. The molecule has 1 spiro atoms. The fourth-order valence-corrected chi connectivity index (χ4v) is 6.46. The number of hydrogen-bond donors (Lipinski definition) is 1. The van der Waals surface area contributed by atoms with E-state index >= 15 is 0 Å². The summed E-state index contributed by atoms with van der Waals surface area (Å²) in [6.45, 7) is 16.9. The van der Waals surface area contributed by atoms with Gasteiger partial charge in [-0.3, -0.25) is 14.4 Å². The summed E-state index contributed by atoms with van der Waals surface area (Å²) in [6.07, 6.45) is 7.07. The molecule has 3 rings (SSSR count). The summed E-state index contributed by atoms with van der Waals surface area (Å²) < 4.78 is 6.68. The number of hydrogen-bond acceptors (Lipinski definition) is 5. The molecule has 3 aliphatic heterocycles. The van der Waals surface area contributed by atoms with Gasteiger partial charge in [0.25, 0.3) is 0 Å². The molecular weight excluding hydrogens is 446 g/mol. The number of ether oxygens (including phenoxy) is 1. The van der Waals surface area contributed by atoms with Gasteiger partial charge in [-0.25, -0.2) is 0 Å². The minimum absolute atomic E-state index is 0.118. The Morgan fingerprint density at radius 2 is 1.77 bits per heavy atom. The summed E-state index contributed by atoms with van der Waals surface area (Å²) in [5.41, 5.74) is -1.89. The number of likely N-dealkylation sites (tertiary alicyclic amines) is 1. The van der Waals surface area contributed by atoms with Crippen LogP contribution in [0.5, 0.6) is 0 Å². The van der Waals surface area contributed by atoms with Gasteiger partial charge >= 0.3 is 0 Å². The second kappa shape index (κ2) is 10.8. The number of amides is 3. The number of aliphatic hydroxyl groups excluding tert-OH is 1. The highest BCUT2D eigenvalue weighted by molar-refractivity contribution is 5.99. The van der Waals surface area contributed by atoms with Crippen LogP contribution in [-0.2, 0) is 19.1 Å². The van der Waals surface area contributed by atoms with E-state index in [2.05, 4.69) is 20.1 Å². The zero-order valence-corrected chi connectivity index (χ0v) is 21.9. The van der Waals surface area contributed by atoms with Gasteiger partial charge in [0.1, 0.15) is 11.6 Å². The van der Waals surface area contributed by atoms with Crippen LogP contribution >= 0.6 is 0 Å². The van der Waals surface area contributed by atoms with Gasteiger partial charge in [0.15, 0.2) is 0 Å². The predicted molar refractivity (Wildman–Crippen MR) is 134 cm³/mol. The van der Waals surface area contributed by atoms with Crippen LogP contribution < -0.4 is 0 Å². The van der Waals surface area contributed by atoms with Crippen LogP contribution in [0.15, 0.2) is 25.3 Å². The van der Waals surface area contributed by atoms with Crippen LogP contribution in [0.25, 0.3) is 0 Å². The zero-order chi connectivity index (χ0) is 26.0. The van der Waals surface area contributed by atoms with Crippen LogP contribution in [0.3, 0.4) is 0 Å². The van der Waals surface area contributed by atoms with Crippen molar-refractivity contribution in [3.63, 3.8) is 0 Å².